The van der Waals surface area contributed by atoms with Crippen LogP contribution in [0.2, 0.25) is 5.02 Å². The highest BCUT2D eigenvalue weighted by Gasteiger charge is 2.12. The van der Waals surface area contributed by atoms with Crippen LogP contribution in [-0.4, -0.2) is 31.5 Å². The van der Waals surface area contributed by atoms with Crippen LogP contribution in [0.15, 0.2) is 18.2 Å². The maximum absolute atomic E-state index is 13.4. The number of alkyl halides is 1. The van der Waals surface area contributed by atoms with Gasteiger partial charge in [0.2, 0.25) is 5.91 Å². The van der Waals surface area contributed by atoms with Crippen molar-refractivity contribution in [3.05, 3.63) is 34.6 Å². The Morgan fingerprint density at radius 3 is 2.89 bits per heavy atom. The lowest BCUT2D eigenvalue weighted by Crippen LogP contribution is -2.32. The smallest absolute Gasteiger partial charge is 0.224 e. The number of rotatable bonds is 6. The first-order valence-electron chi connectivity index (χ1n) is 5.37. The topological polar surface area (TPSA) is 38.3 Å². The number of carbonyl (C=O) groups is 1. The summed E-state index contributed by atoms with van der Waals surface area (Å²) in [5.41, 5.74) is 0.189. The van der Waals surface area contributed by atoms with Crippen molar-refractivity contribution in [1.29, 1.82) is 0 Å². The van der Waals surface area contributed by atoms with Gasteiger partial charge in [-0.3, -0.25) is 4.79 Å². The Bertz CT molecular complexity index is 395. The van der Waals surface area contributed by atoms with Crippen molar-refractivity contribution in [3.8, 4) is 0 Å². The van der Waals surface area contributed by atoms with Gasteiger partial charge < -0.3 is 10.1 Å². The van der Waals surface area contributed by atoms with E-state index in [9.17, 15) is 9.18 Å². The Labute approximate surface area is 115 Å². The van der Waals surface area contributed by atoms with Crippen molar-refractivity contribution in [3.63, 3.8) is 0 Å². The lowest BCUT2D eigenvalue weighted by molar-refractivity contribution is -0.120. The zero-order chi connectivity index (χ0) is 13.5. The second kappa shape index (κ2) is 7.56. The molecule has 0 saturated heterocycles. The Hall–Kier alpha value is -0.840. The number of hydrogen-bond acceptors (Lipinski definition) is 2. The quantitative estimate of drug-likeness (QED) is 0.818. The molecule has 1 aromatic carbocycles. The first kappa shape index (κ1) is 15.2. The first-order chi connectivity index (χ1) is 8.54. The van der Waals surface area contributed by atoms with Crippen LogP contribution in [0.25, 0.3) is 0 Å². The summed E-state index contributed by atoms with van der Waals surface area (Å²) in [7, 11) is 1.52. The van der Waals surface area contributed by atoms with Crippen LogP contribution in [0.4, 0.5) is 4.39 Å². The molecule has 0 radical (unpaired) electrons. The van der Waals surface area contributed by atoms with Gasteiger partial charge in [-0.2, -0.15) is 0 Å². The number of hydrogen-bond donors (Lipinski definition) is 1. The summed E-state index contributed by atoms with van der Waals surface area (Å²) < 4.78 is 18.2. The van der Waals surface area contributed by atoms with Crippen LogP contribution in [0, 0.1) is 5.82 Å². The van der Waals surface area contributed by atoms with Gasteiger partial charge in [-0.25, -0.2) is 4.39 Å². The minimum atomic E-state index is -0.489. The van der Waals surface area contributed by atoms with E-state index in [0.29, 0.717) is 6.61 Å². The van der Waals surface area contributed by atoms with Gasteiger partial charge in [0, 0.05) is 24.2 Å². The third-order valence-electron chi connectivity index (χ3n) is 2.27. The molecular formula is C12H14Cl2FNO2. The average Bonchev–Trinajstić information content (AvgIpc) is 2.32. The van der Waals surface area contributed by atoms with Gasteiger partial charge in [0.25, 0.3) is 0 Å². The van der Waals surface area contributed by atoms with E-state index in [0.717, 1.165) is 0 Å². The van der Waals surface area contributed by atoms with Crippen molar-refractivity contribution in [1.82, 2.24) is 5.32 Å². The van der Waals surface area contributed by atoms with Gasteiger partial charge in [0.15, 0.2) is 0 Å². The van der Waals surface area contributed by atoms with E-state index in [1.54, 1.807) is 6.07 Å². The number of nitrogens with one attached hydrogen (secondary N) is 1. The number of ether oxygens (including phenoxy) is 1. The summed E-state index contributed by atoms with van der Waals surface area (Å²) in [5, 5.41) is 2.52. The zero-order valence-electron chi connectivity index (χ0n) is 9.88. The number of halogens is 3. The number of carbonyl (C=O) groups excluding carboxylic acids is 1. The monoisotopic (exact) mass is 293 g/mol. The lowest BCUT2D eigenvalue weighted by atomic mass is 10.1. The molecule has 0 bridgehead atoms. The van der Waals surface area contributed by atoms with Crippen LogP contribution in [0.1, 0.15) is 5.56 Å². The van der Waals surface area contributed by atoms with Crippen LogP contribution >= 0.6 is 23.2 Å². The van der Waals surface area contributed by atoms with Gasteiger partial charge in [0.05, 0.1) is 18.4 Å². The predicted molar refractivity (Wildman–Crippen MR) is 69.6 cm³/mol. The standard InChI is InChI=1S/C12H14Cl2FNO2/c1-18-7-8(13)6-16-12(17)5-9-10(14)3-2-4-11(9)15/h2-4,8H,5-7H2,1H3,(H,16,17). The molecule has 100 valence electrons. The third-order valence-corrected chi connectivity index (χ3v) is 2.90. The summed E-state index contributed by atoms with van der Waals surface area (Å²) in [6, 6.07) is 4.30. The van der Waals surface area contributed by atoms with Crippen molar-refractivity contribution in [2.24, 2.45) is 0 Å². The van der Waals surface area contributed by atoms with Gasteiger partial charge in [-0.05, 0) is 12.1 Å². The molecule has 6 heteroatoms. The second-order valence-electron chi connectivity index (χ2n) is 3.73. The average molecular weight is 294 g/mol. The lowest BCUT2D eigenvalue weighted by Gasteiger charge is -2.10. The van der Waals surface area contributed by atoms with E-state index in [2.05, 4.69) is 5.32 Å². The molecule has 0 heterocycles. The van der Waals surface area contributed by atoms with Crippen LogP contribution < -0.4 is 5.32 Å². The molecule has 0 aromatic heterocycles. The fraction of sp³-hybridized carbons (Fsp3) is 0.417. The molecule has 1 rings (SSSR count). The number of methoxy groups -OCH3 is 1. The summed E-state index contributed by atoms with van der Waals surface area (Å²) >= 11 is 11.7. The van der Waals surface area contributed by atoms with Crippen molar-refractivity contribution in [2.75, 3.05) is 20.3 Å². The highest BCUT2D eigenvalue weighted by atomic mass is 35.5. The number of amides is 1. The van der Waals surface area contributed by atoms with Gasteiger partial charge >= 0.3 is 0 Å². The largest absolute Gasteiger partial charge is 0.383 e. The second-order valence-corrected chi connectivity index (χ2v) is 4.76. The molecule has 1 aromatic rings. The maximum atomic E-state index is 13.4. The fourth-order valence-electron chi connectivity index (χ4n) is 1.39. The minimum absolute atomic E-state index is 0.109. The van der Waals surface area contributed by atoms with E-state index in [1.165, 1.54) is 19.2 Å². The molecule has 18 heavy (non-hydrogen) atoms. The van der Waals surface area contributed by atoms with Crippen molar-refractivity contribution in [2.45, 2.75) is 11.8 Å². The first-order valence-corrected chi connectivity index (χ1v) is 6.18. The molecule has 0 fully saturated rings. The third kappa shape index (κ3) is 4.80. The summed E-state index contributed by atoms with van der Waals surface area (Å²) in [6.45, 7) is 0.600. The van der Waals surface area contributed by atoms with Crippen LogP contribution in [0.5, 0.6) is 0 Å². The van der Waals surface area contributed by atoms with E-state index < -0.39 is 5.82 Å². The Kier molecular flexibility index (Phi) is 6.39. The summed E-state index contributed by atoms with van der Waals surface area (Å²) in [6.07, 6.45) is -0.109. The molecule has 3 nitrogen and oxygen atoms in total. The van der Waals surface area contributed by atoms with E-state index >= 15 is 0 Å². The predicted octanol–water partition coefficient (Wildman–Crippen LogP) is 2.39. The van der Waals surface area contributed by atoms with Crippen molar-refractivity contribution >= 4 is 29.1 Å². The van der Waals surface area contributed by atoms with Gasteiger partial charge in [-0.15, -0.1) is 11.6 Å². The SMILES string of the molecule is COCC(Cl)CNC(=O)Cc1c(F)cccc1Cl. The Morgan fingerprint density at radius 1 is 1.56 bits per heavy atom. The van der Waals surface area contributed by atoms with Crippen LogP contribution in [-0.2, 0) is 16.0 Å². The summed E-state index contributed by atoms with van der Waals surface area (Å²) in [4.78, 5) is 11.6. The maximum Gasteiger partial charge on any atom is 0.224 e. The molecule has 0 aliphatic rings. The molecule has 0 aliphatic carbocycles. The molecule has 0 saturated carbocycles. The highest BCUT2D eigenvalue weighted by Crippen LogP contribution is 2.19. The van der Waals surface area contributed by atoms with E-state index in [1.807, 2.05) is 0 Å². The molecule has 0 aliphatic heterocycles. The molecular weight excluding hydrogens is 280 g/mol. The minimum Gasteiger partial charge on any atom is -0.383 e. The zero-order valence-corrected chi connectivity index (χ0v) is 11.4. The molecule has 1 amide bonds. The molecule has 1 unspecified atom stereocenters. The van der Waals surface area contributed by atoms with Crippen molar-refractivity contribution < 1.29 is 13.9 Å². The Balaban J connectivity index is 2.50. The van der Waals surface area contributed by atoms with E-state index in [-0.39, 0.29) is 34.8 Å². The summed E-state index contributed by atoms with van der Waals surface area (Å²) in [5.74, 6) is -0.819. The van der Waals surface area contributed by atoms with Gasteiger partial charge in [-0.1, -0.05) is 17.7 Å². The van der Waals surface area contributed by atoms with E-state index in [4.69, 9.17) is 27.9 Å². The molecule has 1 N–H and O–H groups in total. The highest BCUT2D eigenvalue weighted by molar-refractivity contribution is 6.31. The number of benzene rings is 1. The Morgan fingerprint density at radius 2 is 2.28 bits per heavy atom. The van der Waals surface area contributed by atoms with Gasteiger partial charge in [0.1, 0.15) is 5.82 Å². The molecule has 1 atom stereocenters. The fourth-order valence-corrected chi connectivity index (χ4v) is 1.82. The van der Waals surface area contributed by atoms with Crippen LogP contribution in [0.3, 0.4) is 0 Å². The molecule has 0 spiro atoms. The normalized spacial score (nSPS) is 12.2.